The molecule has 3 N–H and O–H groups in total. The van der Waals surface area contributed by atoms with Gasteiger partial charge in [0.1, 0.15) is 11.6 Å². The third-order valence-electron chi connectivity index (χ3n) is 4.70. The summed E-state index contributed by atoms with van der Waals surface area (Å²) >= 11 is 3.10. The molecular weight excluding hydrogens is 525 g/mol. The fourth-order valence-electron chi connectivity index (χ4n) is 2.90. The largest absolute Gasteiger partial charge is 0.416 e. The average Bonchev–Trinajstić information content (AvgIpc) is 2.76. The molecule has 0 fully saturated rings. The van der Waals surface area contributed by atoms with Crippen molar-refractivity contribution >= 4 is 39.2 Å². The number of benzene rings is 3. The number of hydrogen-bond acceptors (Lipinski definition) is 2. The van der Waals surface area contributed by atoms with Crippen LogP contribution >= 0.6 is 15.9 Å². The number of aryl methyl sites for hydroxylation is 1. The average molecular weight is 542 g/mol. The van der Waals surface area contributed by atoms with E-state index in [2.05, 4.69) is 31.9 Å². The van der Waals surface area contributed by atoms with Crippen molar-refractivity contribution in [3.63, 3.8) is 0 Å². The molecule has 0 saturated carbocycles. The first kappa shape index (κ1) is 25.2. The van der Waals surface area contributed by atoms with Crippen molar-refractivity contribution in [2.45, 2.75) is 19.6 Å². The van der Waals surface area contributed by atoms with Gasteiger partial charge in [0.25, 0.3) is 5.91 Å². The van der Waals surface area contributed by atoms with E-state index in [9.17, 15) is 31.5 Å². The molecule has 0 unspecified atom stereocenters. The van der Waals surface area contributed by atoms with Crippen LogP contribution in [0.3, 0.4) is 0 Å². The number of nitrogens with one attached hydrogen (secondary N) is 3. The normalized spacial score (nSPS) is 11.1. The second kappa shape index (κ2) is 10.2. The highest BCUT2D eigenvalue weighted by Crippen LogP contribution is 2.29. The van der Waals surface area contributed by atoms with Crippen LogP contribution < -0.4 is 16.0 Å². The van der Waals surface area contributed by atoms with E-state index in [1.807, 2.05) is 0 Å². The van der Waals surface area contributed by atoms with Crippen LogP contribution in [0.4, 0.5) is 38.1 Å². The van der Waals surface area contributed by atoms with Crippen molar-refractivity contribution in [1.82, 2.24) is 5.32 Å². The molecule has 5 nitrogen and oxygen atoms in total. The van der Waals surface area contributed by atoms with Crippen molar-refractivity contribution < 1.29 is 31.5 Å². The minimum Gasteiger partial charge on any atom is -0.334 e. The van der Waals surface area contributed by atoms with Gasteiger partial charge in [-0.25, -0.2) is 13.6 Å². The van der Waals surface area contributed by atoms with Gasteiger partial charge in [0.15, 0.2) is 0 Å². The van der Waals surface area contributed by atoms with Gasteiger partial charge in [-0.05, 0) is 76.4 Å². The maximum absolute atomic E-state index is 14.3. The summed E-state index contributed by atoms with van der Waals surface area (Å²) in [6.07, 6.45) is -4.47. The van der Waals surface area contributed by atoms with Gasteiger partial charge in [-0.3, -0.25) is 4.79 Å². The maximum Gasteiger partial charge on any atom is 0.416 e. The number of urea groups is 1. The van der Waals surface area contributed by atoms with Gasteiger partial charge in [0, 0.05) is 16.7 Å². The van der Waals surface area contributed by atoms with Crippen molar-refractivity contribution in [2.75, 3.05) is 10.6 Å². The number of carbonyl (C=O) groups is 2. The summed E-state index contributed by atoms with van der Waals surface area (Å²) < 4.78 is 65.8. The lowest BCUT2D eigenvalue weighted by atomic mass is 10.1. The Morgan fingerprint density at radius 3 is 2.21 bits per heavy atom. The molecule has 3 aromatic carbocycles. The molecular formula is C23H17BrF5N3O2. The molecule has 3 amide bonds. The number of hydrogen-bond donors (Lipinski definition) is 3. The van der Waals surface area contributed by atoms with Crippen molar-refractivity contribution in [1.29, 1.82) is 0 Å². The van der Waals surface area contributed by atoms with Crippen LogP contribution in [-0.2, 0) is 12.7 Å². The molecule has 0 aliphatic carbocycles. The molecule has 34 heavy (non-hydrogen) atoms. The van der Waals surface area contributed by atoms with Gasteiger partial charge in [0.2, 0.25) is 0 Å². The summed E-state index contributed by atoms with van der Waals surface area (Å²) in [6, 6.07) is 9.46. The highest BCUT2D eigenvalue weighted by atomic mass is 79.9. The van der Waals surface area contributed by atoms with Crippen molar-refractivity contribution in [2.24, 2.45) is 0 Å². The summed E-state index contributed by atoms with van der Waals surface area (Å²) in [5.41, 5.74) is -0.0738. The molecule has 0 aromatic heterocycles. The third-order valence-corrected chi connectivity index (χ3v) is 5.36. The first-order valence-electron chi connectivity index (χ1n) is 9.71. The number of alkyl halides is 3. The van der Waals surface area contributed by atoms with Crippen LogP contribution in [0.2, 0.25) is 0 Å². The molecule has 3 rings (SSSR count). The minimum atomic E-state index is -4.47. The van der Waals surface area contributed by atoms with E-state index in [0.717, 1.165) is 24.3 Å². The van der Waals surface area contributed by atoms with Crippen LogP contribution in [0.15, 0.2) is 59.1 Å². The third kappa shape index (κ3) is 6.31. The second-order valence-corrected chi connectivity index (χ2v) is 8.09. The van der Waals surface area contributed by atoms with Crippen LogP contribution in [-0.4, -0.2) is 11.9 Å². The Balaban J connectivity index is 1.67. The number of rotatable bonds is 5. The lowest BCUT2D eigenvalue weighted by Crippen LogP contribution is -2.28. The highest BCUT2D eigenvalue weighted by Gasteiger charge is 2.29. The van der Waals surface area contributed by atoms with Gasteiger partial charge in [0.05, 0.1) is 16.8 Å². The predicted octanol–water partition coefficient (Wildman–Crippen LogP) is 6.63. The minimum absolute atomic E-state index is 0.00131. The van der Waals surface area contributed by atoms with Crippen LogP contribution in [0, 0.1) is 18.6 Å². The zero-order valence-corrected chi connectivity index (χ0v) is 19.1. The zero-order valence-electron chi connectivity index (χ0n) is 17.5. The van der Waals surface area contributed by atoms with E-state index in [-0.39, 0.29) is 22.3 Å². The predicted molar refractivity (Wildman–Crippen MR) is 120 cm³/mol. The Labute approximate surface area is 199 Å². The summed E-state index contributed by atoms with van der Waals surface area (Å²) in [7, 11) is 0. The van der Waals surface area contributed by atoms with Crippen LogP contribution in [0.5, 0.6) is 0 Å². The smallest absolute Gasteiger partial charge is 0.334 e. The standard InChI is InChI=1S/C23H17BrF5N3O2/c1-12-8-15(6-7-18(12)25)31-21(33)16-9-20(19(26)10-17(16)24)32-22(34)30-11-13-2-4-14(5-3-13)23(27,28)29/h2-10H,11H2,1H3,(H,31,33)(H2,30,32,34). The van der Waals surface area contributed by atoms with Gasteiger partial charge in [-0.1, -0.05) is 12.1 Å². The monoisotopic (exact) mass is 541 g/mol. The van der Waals surface area contributed by atoms with Crippen LogP contribution in [0.1, 0.15) is 27.0 Å². The van der Waals surface area contributed by atoms with Crippen LogP contribution in [0.25, 0.3) is 0 Å². The van der Waals surface area contributed by atoms with E-state index in [4.69, 9.17) is 0 Å². The molecule has 3 aromatic rings. The molecule has 0 aliphatic rings. The summed E-state index contributed by atoms with van der Waals surface area (Å²) in [5.74, 6) is -1.90. The highest BCUT2D eigenvalue weighted by molar-refractivity contribution is 9.10. The molecule has 0 radical (unpaired) electrons. The zero-order chi connectivity index (χ0) is 25.0. The fraction of sp³-hybridized carbons (Fsp3) is 0.130. The lowest BCUT2D eigenvalue weighted by molar-refractivity contribution is -0.137. The Morgan fingerprint density at radius 1 is 0.912 bits per heavy atom. The quantitative estimate of drug-likeness (QED) is 0.317. The van der Waals surface area contributed by atoms with E-state index in [0.29, 0.717) is 16.8 Å². The summed E-state index contributed by atoms with van der Waals surface area (Å²) in [6.45, 7) is 1.42. The summed E-state index contributed by atoms with van der Waals surface area (Å²) in [5, 5.41) is 7.23. The van der Waals surface area contributed by atoms with E-state index >= 15 is 0 Å². The maximum atomic E-state index is 14.3. The van der Waals surface area contributed by atoms with Gasteiger partial charge in [-0.2, -0.15) is 13.2 Å². The summed E-state index contributed by atoms with van der Waals surface area (Å²) in [4.78, 5) is 24.8. The molecule has 0 saturated heterocycles. The van der Waals surface area contributed by atoms with Crippen molar-refractivity contribution in [3.8, 4) is 0 Å². The molecule has 0 bridgehead atoms. The lowest BCUT2D eigenvalue weighted by Gasteiger charge is -2.13. The molecule has 0 heterocycles. The van der Waals surface area contributed by atoms with Gasteiger partial charge < -0.3 is 16.0 Å². The Hall–Kier alpha value is -3.47. The van der Waals surface area contributed by atoms with E-state index in [1.54, 1.807) is 0 Å². The first-order valence-corrected chi connectivity index (χ1v) is 10.5. The number of amides is 3. The number of carbonyl (C=O) groups excluding carboxylic acids is 2. The molecule has 0 spiro atoms. The van der Waals surface area contributed by atoms with Gasteiger partial charge in [-0.15, -0.1) is 0 Å². The fourth-order valence-corrected chi connectivity index (χ4v) is 3.40. The topological polar surface area (TPSA) is 70.2 Å². The van der Waals surface area contributed by atoms with Crippen molar-refractivity contribution in [3.05, 3.63) is 93.0 Å². The Kier molecular flexibility index (Phi) is 7.55. The van der Waals surface area contributed by atoms with E-state index < -0.39 is 35.3 Å². The molecule has 11 heteroatoms. The number of anilines is 2. The van der Waals surface area contributed by atoms with Gasteiger partial charge >= 0.3 is 12.2 Å². The first-order chi connectivity index (χ1) is 15.9. The number of halogens is 6. The Morgan fingerprint density at radius 2 is 1.59 bits per heavy atom. The SMILES string of the molecule is Cc1cc(NC(=O)c2cc(NC(=O)NCc3ccc(C(F)(F)F)cc3)c(F)cc2Br)ccc1F. The molecule has 0 atom stereocenters. The Bertz CT molecular complexity index is 1230. The molecule has 178 valence electrons. The second-order valence-electron chi connectivity index (χ2n) is 7.23. The molecule has 0 aliphatic heterocycles. The van der Waals surface area contributed by atoms with E-state index in [1.165, 1.54) is 37.3 Å².